The quantitative estimate of drug-likeness (QED) is 0.670. The van der Waals surface area contributed by atoms with Crippen molar-refractivity contribution >= 4 is 17.3 Å². The number of rotatable bonds is 5. The molecule has 0 fully saturated rings. The molecule has 0 saturated heterocycles. The van der Waals surface area contributed by atoms with Crippen LogP contribution in [0.4, 0.5) is 0 Å². The van der Waals surface area contributed by atoms with Crippen LogP contribution in [0.2, 0.25) is 0 Å². The third kappa shape index (κ3) is 4.57. The summed E-state index contributed by atoms with van der Waals surface area (Å²) in [5.41, 5.74) is 2.58. The summed E-state index contributed by atoms with van der Waals surface area (Å²) >= 11 is 1.90. The maximum absolute atomic E-state index is 4.81. The maximum atomic E-state index is 4.81. The molecule has 1 aliphatic carbocycles. The van der Waals surface area contributed by atoms with Crippen LogP contribution in [0, 0.1) is 0 Å². The summed E-state index contributed by atoms with van der Waals surface area (Å²) < 4.78 is 0. The second-order valence-corrected chi connectivity index (χ2v) is 7.55. The Morgan fingerprint density at radius 2 is 2.00 bits per heavy atom. The zero-order valence-electron chi connectivity index (χ0n) is 14.6. The molecule has 0 unspecified atom stereocenters. The van der Waals surface area contributed by atoms with Crippen molar-refractivity contribution in [2.45, 2.75) is 38.6 Å². The number of guanidine groups is 1. The number of nitrogens with zero attached hydrogens (tertiary/aromatic N) is 3. The summed E-state index contributed by atoms with van der Waals surface area (Å²) in [4.78, 5) is 13.1. The van der Waals surface area contributed by atoms with Crippen LogP contribution in [-0.2, 0) is 25.8 Å². The summed E-state index contributed by atoms with van der Waals surface area (Å²) in [5, 5.41) is 4.72. The highest BCUT2D eigenvalue weighted by Gasteiger charge is 2.14. The average molecular weight is 343 g/mol. The molecular weight excluding hydrogens is 316 g/mol. The van der Waals surface area contributed by atoms with Crippen molar-refractivity contribution in [3.8, 4) is 0 Å². The number of aromatic nitrogens is 1. The monoisotopic (exact) mass is 342 g/mol. The van der Waals surface area contributed by atoms with Gasteiger partial charge in [0.15, 0.2) is 5.96 Å². The number of hydrogen-bond acceptors (Lipinski definition) is 3. The molecule has 0 bridgehead atoms. The van der Waals surface area contributed by atoms with E-state index in [1.54, 1.807) is 0 Å². The first-order chi connectivity index (χ1) is 11.7. The Kier molecular flexibility index (Phi) is 5.86. The van der Waals surface area contributed by atoms with E-state index in [0.29, 0.717) is 6.54 Å². The number of aliphatic imine (C=N–C) groups is 1. The largest absolute Gasteiger partial charge is 0.356 e. The van der Waals surface area contributed by atoms with Gasteiger partial charge in [-0.2, -0.15) is 0 Å². The molecule has 5 heteroatoms. The lowest BCUT2D eigenvalue weighted by Crippen LogP contribution is -2.37. The molecule has 128 valence electrons. The van der Waals surface area contributed by atoms with Gasteiger partial charge < -0.3 is 10.2 Å². The van der Waals surface area contributed by atoms with E-state index in [1.165, 1.54) is 46.8 Å². The zero-order valence-corrected chi connectivity index (χ0v) is 15.4. The first-order valence-electron chi connectivity index (χ1n) is 8.69. The summed E-state index contributed by atoms with van der Waals surface area (Å²) in [6.45, 7) is 1.57. The van der Waals surface area contributed by atoms with Crippen LogP contribution in [0.15, 0.2) is 35.3 Å². The van der Waals surface area contributed by atoms with Crippen LogP contribution in [0.1, 0.15) is 34.0 Å². The van der Waals surface area contributed by atoms with Crippen molar-refractivity contribution in [1.29, 1.82) is 0 Å². The van der Waals surface area contributed by atoms with Crippen LogP contribution in [0.25, 0.3) is 0 Å². The van der Waals surface area contributed by atoms with Gasteiger partial charge in [-0.05, 0) is 31.2 Å². The van der Waals surface area contributed by atoms with Crippen molar-refractivity contribution in [3.05, 3.63) is 51.5 Å². The Hall–Kier alpha value is -1.88. The van der Waals surface area contributed by atoms with Gasteiger partial charge in [0, 0.05) is 31.9 Å². The average Bonchev–Trinajstić information content (AvgIpc) is 3.01. The molecule has 1 aromatic carbocycles. The molecule has 1 N–H and O–H groups in total. The fourth-order valence-electron chi connectivity index (χ4n) is 2.90. The molecule has 0 aliphatic heterocycles. The van der Waals surface area contributed by atoms with Crippen molar-refractivity contribution in [1.82, 2.24) is 15.2 Å². The lowest BCUT2D eigenvalue weighted by molar-refractivity contribution is 0.579. The third-order valence-corrected chi connectivity index (χ3v) is 5.41. The standard InChI is InChI=1S/C19H26N4S/c1-23(2)19(21-14-15-8-4-3-5-9-15)20-13-12-18-22-16-10-6-7-11-17(16)24-18/h3-5,8-9H,6-7,10-14H2,1-2H3,(H,20,21). The summed E-state index contributed by atoms with van der Waals surface area (Å²) in [7, 11) is 4.05. The first kappa shape index (κ1) is 17.0. The van der Waals surface area contributed by atoms with E-state index in [0.717, 1.165) is 18.9 Å². The Bertz CT molecular complexity index is 652. The predicted octanol–water partition coefficient (Wildman–Crippen LogP) is 3.27. The number of nitrogens with one attached hydrogen (secondary N) is 1. The Balaban J connectivity index is 1.53. The molecule has 2 aromatic rings. The number of fused-ring (bicyclic) bond motifs is 1. The van der Waals surface area contributed by atoms with Crippen LogP contribution in [-0.4, -0.2) is 36.5 Å². The minimum atomic E-state index is 0.701. The SMILES string of the molecule is CN(C)C(=NCc1ccccc1)NCCc1nc2c(s1)CCCC2. The second-order valence-electron chi connectivity index (χ2n) is 6.38. The van der Waals surface area contributed by atoms with Gasteiger partial charge in [0.05, 0.1) is 17.2 Å². The van der Waals surface area contributed by atoms with Crippen LogP contribution in [0.3, 0.4) is 0 Å². The van der Waals surface area contributed by atoms with Crippen molar-refractivity contribution in [2.24, 2.45) is 4.99 Å². The fraction of sp³-hybridized carbons (Fsp3) is 0.474. The molecule has 1 aromatic heterocycles. The number of benzene rings is 1. The van der Waals surface area contributed by atoms with Gasteiger partial charge >= 0.3 is 0 Å². The Morgan fingerprint density at radius 1 is 1.21 bits per heavy atom. The fourth-order valence-corrected chi connectivity index (χ4v) is 4.05. The van der Waals surface area contributed by atoms with Gasteiger partial charge in [0.2, 0.25) is 0 Å². The molecule has 3 rings (SSSR count). The highest BCUT2D eigenvalue weighted by atomic mass is 32.1. The molecule has 24 heavy (non-hydrogen) atoms. The van der Waals surface area contributed by atoms with E-state index in [4.69, 9.17) is 9.98 Å². The minimum Gasteiger partial charge on any atom is -0.356 e. The van der Waals surface area contributed by atoms with E-state index in [9.17, 15) is 0 Å². The highest BCUT2D eigenvalue weighted by molar-refractivity contribution is 7.11. The molecular formula is C19H26N4S. The van der Waals surface area contributed by atoms with Gasteiger partial charge in [-0.25, -0.2) is 9.98 Å². The highest BCUT2D eigenvalue weighted by Crippen LogP contribution is 2.26. The molecule has 0 radical (unpaired) electrons. The summed E-state index contributed by atoms with van der Waals surface area (Å²) in [6.07, 6.45) is 5.98. The topological polar surface area (TPSA) is 40.5 Å². The minimum absolute atomic E-state index is 0.701. The Morgan fingerprint density at radius 3 is 2.75 bits per heavy atom. The van der Waals surface area contributed by atoms with Gasteiger partial charge in [-0.3, -0.25) is 0 Å². The van der Waals surface area contributed by atoms with Crippen molar-refractivity contribution in [3.63, 3.8) is 0 Å². The van der Waals surface area contributed by atoms with Gasteiger partial charge in [-0.15, -0.1) is 11.3 Å². The molecule has 1 heterocycles. The number of aryl methyl sites for hydroxylation is 2. The molecule has 0 atom stereocenters. The molecule has 0 amide bonds. The van der Waals surface area contributed by atoms with E-state index >= 15 is 0 Å². The lowest BCUT2D eigenvalue weighted by atomic mass is 10.0. The van der Waals surface area contributed by atoms with Gasteiger partial charge in [-0.1, -0.05) is 30.3 Å². The molecule has 0 saturated carbocycles. The predicted molar refractivity (Wildman–Crippen MR) is 102 cm³/mol. The summed E-state index contributed by atoms with van der Waals surface area (Å²) in [6, 6.07) is 10.4. The summed E-state index contributed by atoms with van der Waals surface area (Å²) in [5.74, 6) is 0.931. The van der Waals surface area contributed by atoms with E-state index < -0.39 is 0 Å². The van der Waals surface area contributed by atoms with Crippen molar-refractivity contribution in [2.75, 3.05) is 20.6 Å². The van der Waals surface area contributed by atoms with Crippen molar-refractivity contribution < 1.29 is 0 Å². The molecule has 1 aliphatic rings. The van der Waals surface area contributed by atoms with Gasteiger partial charge in [0.1, 0.15) is 0 Å². The van der Waals surface area contributed by atoms with E-state index in [-0.39, 0.29) is 0 Å². The zero-order chi connectivity index (χ0) is 16.8. The molecule has 4 nitrogen and oxygen atoms in total. The van der Waals surface area contributed by atoms with Crippen LogP contribution < -0.4 is 5.32 Å². The van der Waals surface area contributed by atoms with Crippen LogP contribution in [0.5, 0.6) is 0 Å². The van der Waals surface area contributed by atoms with Gasteiger partial charge in [0.25, 0.3) is 0 Å². The van der Waals surface area contributed by atoms with E-state index in [2.05, 4.69) is 29.6 Å². The number of hydrogen-bond donors (Lipinski definition) is 1. The number of thiazole rings is 1. The smallest absolute Gasteiger partial charge is 0.193 e. The second kappa shape index (κ2) is 8.29. The normalized spacial score (nSPS) is 14.3. The Labute approximate surface area is 148 Å². The maximum Gasteiger partial charge on any atom is 0.193 e. The van der Waals surface area contributed by atoms with Crippen LogP contribution >= 0.6 is 11.3 Å². The first-order valence-corrected chi connectivity index (χ1v) is 9.51. The third-order valence-electron chi connectivity index (χ3n) is 4.19. The van der Waals surface area contributed by atoms with E-state index in [1.807, 2.05) is 36.4 Å². The lowest BCUT2D eigenvalue weighted by Gasteiger charge is -2.17. The molecule has 0 spiro atoms.